The molecule has 3 aliphatic carbocycles. The molecule has 1 spiro atoms. The van der Waals surface area contributed by atoms with Crippen LogP contribution in [0.4, 0.5) is 5.69 Å². The van der Waals surface area contributed by atoms with E-state index in [1.807, 2.05) is 36.5 Å². The first-order valence-corrected chi connectivity index (χ1v) is 21.3. The van der Waals surface area contributed by atoms with Crippen molar-refractivity contribution in [2.24, 2.45) is 11.8 Å². The second-order valence-corrected chi connectivity index (χ2v) is 17.7. The van der Waals surface area contributed by atoms with E-state index in [0.717, 1.165) is 74.9 Å². The summed E-state index contributed by atoms with van der Waals surface area (Å²) in [5.74, 6) is 1.27. The van der Waals surface area contributed by atoms with Gasteiger partial charge in [0.1, 0.15) is 11.3 Å². The molecule has 8 heteroatoms. The summed E-state index contributed by atoms with van der Waals surface area (Å²) in [5, 5.41) is 25.6. The van der Waals surface area contributed by atoms with Crippen LogP contribution < -0.4 is 10.1 Å². The smallest absolute Gasteiger partial charge is 0.329 e. The minimum Gasteiger partial charge on any atom is -0.493 e. The number of nitrogens with zero attached hydrogens (tertiary/aromatic N) is 2. The number of anilines is 1. The Morgan fingerprint density at radius 2 is 1.84 bits per heavy atom. The lowest BCUT2D eigenvalue weighted by molar-refractivity contribution is -0.144. The number of pyridine rings is 1. The Morgan fingerprint density at radius 3 is 2.59 bits per heavy atom. The third kappa shape index (κ3) is 8.66. The third-order valence-corrected chi connectivity index (χ3v) is 13.7. The molecule has 56 heavy (non-hydrogen) atoms. The first-order valence-electron chi connectivity index (χ1n) is 21.0. The summed E-state index contributed by atoms with van der Waals surface area (Å²) >= 11 is 6.33. The molecule has 7 rings (SSSR count). The van der Waals surface area contributed by atoms with Gasteiger partial charge in [0.2, 0.25) is 0 Å². The fourth-order valence-corrected chi connectivity index (χ4v) is 10.5. The zero-order valence-corrected chi connectivity index (χ0v) is 34.2. The van der Waals surface area contributed by atoms with Crippen molar-refractivity contribution >= 4 is 23.3 Å². The van der Waals surface area contributed by atoms with Crippen LogP contribution in [0.2, 0.25) is 5.02 Å². The topological polar surface area (TPSA) is 94.9 Å². The predicted octanol–water partition coefficient (Wildman–Crippen LogP) is 10.2. The molecular weight excluding hydrogens is 718 g/mol. The van der Waals surface area contributed by atoms with Crippen molar-refractivity contribution in [3.05, 3.63) is 124 Å². The molecule has 3 aliphatic rings. The van der Waals surface area contributed by atoms with E-state index in [1.54, 1.807) is 0 Å². The number of carboxylic acid groups (broad SMARTS) is 1. The number of aliphatic hydroxyl groups excluding tert-OH is 1. The van der Waals surface area contributed by atoms with E-state index >= 15 is 0 Å². The summed E-state index contributed by atoms with van der Waals surface area (Å²) in [5.41, 5.74) is 7.15. The summed E-state index contributed by atoms with van der Waals surface area (Å²) in [7, 11) is 2.13. The van der Waals surface area contributed by atoms with Gasteiger partial charge in [0.15, 0.2) is 0 Å². The average Bonchev–Trinajstić information content (AvgIpc) is 3.48. The molecule has 0 amide bonds. The summed E-state index contributed by atoms with van der Waals surface area (Å²) in [4.78, 5) is 20.1. The molecular formula is C48H60ClN3O4. The Labute approximate surface area is 338 Å². The van der Waals surface area contributed by atoms with Crippen molar-refractivity contribution in [1.29, 1.82) is 0 Å². The van der Waals surface area contributed by atoms with Gasteiger partial charge in [-0.25, -0.2) is 4.79 Å². The number of carbonyl (C=O) groups is 1. The number of rotatable bonds is 16. The molecule has 0 saturated heterocycles. The normalized spacial score (nSPS) is 24.0. The van der Waals surface area contributed by atoms with Gasteiger partial charge in [-0.3, -0.25) is 9.88 Å². The number of carboxylic acids is 1. The monoisotopic (exact) mass is 777 g/mol. The van der Waals surface area contributed by atoms with Crippen molar-refractivity contribution < 1.29 is 19.7 Å². The second-order valence-electron chi connectivity index (χ2n) is 17.2. The average molecular weight is 778 g/mol. The second kappa shape index (κ2) is 17.7. The maximum atomic E-state index is 13.1. The Hall–Kier alpha value is -3.91. The van der Waals surface area contributed by atoms with Gasteiger partial charge >= 0.3 is 5.97 Å². The summed E-state index contributed by atoms with van der Waals surface area (Å²) < 4.78 is 6.63. The van der Waals surface area contributed by atoms with E-state index in [1.165, 1.54) is 40.8 Å². The molecule has 0 radical (unpaired) electrons. The van der Waals surface area contributed by atoms with Crippen LogP contribution in [-0.4, -0.2) is 58.4 Å². The van der Waals surface area contributed by atoms with Crippen LogP contribution in [0.25, 0.3) is 0 Å². The first kappa shape index (κ1) is 40.3. The molecule has 4 aromatic rings. The number of unbranched alkanes of at least 4 members (excludes halogenated alkanes) is 1. The number of hydrogen-bond donors (Lipinski definition) is 3. The van der Waals surface area contributed by atoms with Gasteiger partial charge < -0.3 is 20.3 Å². The lowest BCUT2D eigenvalue weighted by Gasteiger charge is -2.47. The van der Waals surface area contributed by atoms with Crippen molar-refractivity contribution in [2.75, 3.05) is 32.1 Å². The maximum absolute atomic E-state index is 13.1. The standard InChI is InChI=1S/C48H60ClN3O4/c1-33(32-56-44-20-25-50-42-17-9-11-34(2)45(42)44)27-38-28-36-18-19-37(43(31-53)52(3)26-8-7-14-35-12-5-4-6-13-35)29-41(36)47(38)21-23-48(24-22-47,46(54)55)51-40-16-10-15-39(49)30-40/h4-6,10,12-13,15-16,18-20,25,29-30,33-34,38,43,51,53H,7-9,11,14,17,21-24,26-28,31-32H2,1-3H3,(H,54,55)/t33-,34-,38?,43?,47?,48?/m1/s1. The summed E-state index contributed by atoms with van der Waals surface area (Å²) in [6.45, 7) is 6.17. The van der Waals surface area contributed by atoms with Gasteiger partial charge in [0.25, 0.3) is 0 Å². The summed E-state index contributed by atoms with van der Waals surface area (Å²) in [6, 6.07) is 26.8. The third-order valence-electron chi connectivity index (χ3n) is 13.5. The quantitative estimate of drug-likeness (QED) is 0.0976. The fourth-order valence-electron chi connectivity index (χ4n) is 10.3. The van der Waals surface area contributed by atoms with Crippen molar-refractivity contribution in [3.8, 4) is 5.75 Å². The molecule has 4 atom stereocenters. The molecule has 0 bridgehead atoms. The maximum Gasteiger partial charge on any atom is 0.329 e. The van der Waals surface area contributed by atoms with Crippen molar-refractivity contribution in [2.45, 2.75) is 114 Å². The van der Waals surface area contributed by atoms with Gasteiger partial charge in [0.05, 0.1) is 19.3 Å². The van der Waals surface area contributed by atoms with Crippen LogP contribution in [0.15, 0.2) is 85.1 Å². The van der Waals surface area contributed by atoms with E-state index in [-0.39, 0.29) is 18.1 Å². The number of aryl methyl sites for hydroxylation is 2. The number of aliphatic hydroxyl groups is 1. The molecule has 1 fully saturated rings. The Bertz CT molecular complexity index is 1940. The highest BCUT2D eigenvalue weighted by atomic mass is 35.5. The highest BCUT2D eigenvalue weighted by Gasteiger charge is 2.54. The van der Waals surface area contributed by atoms with Crippen LogP contribution in [-0.2, 0) is 29.5 Å². The van der Waals surface area contributed by atoms with Crippen molar-refractivity contribution in [3.63, 3.8) is 0 Å². The van der Waals surface area contributed by atoms with Gasteiger partial charge in [-0.15, -0.1) is 0 Å². The zero-order chi connectivity index (χ0) is 39.3. The number of fused-ring (bicyclic) bond motifs is 3. The molecule has 1 aromatic heterocycles. The van der Waals surface area contributed by atoms with E-state index in [2.05, 4.69) is 84.6 Å². The number of likely N-dealkylation sites (N-methyl/N-ethyl adjacent to an activating group) is 1. The van der Waals surface area contributed by atoms with Gasteiger partial charge in [-0.1, -0.05) is 80.0 Å². The number of aromatic nitrogens is 1. The minimum atomic E-state index is -1.08. The summed E-state index contributed by atoms with van der Waals surface area (Å²) in [6.07, 6.45) is 12.9. The van der Waals surface area contributed by atoms with Gasteiger partial charge in [-0.05, 0) is 160 Å². The van der Waals surface area contributed by atoms with E-state index in [0.29, 0.717) is 42.2 Å². The van der Waals surface area contributed by atoms with Crippen LogP contribution >= 0.6 is 11.6 Å². The number of hydrogen-bond acceptors (Lipinski definition) is 6. The van der Waals surface area contributed by atoms with Crippen LogP contribution in [0.1, 0.15) is 117 Å². The Kier molecular flexibility index (Phi) is 12.7. The Balaban J connectivity index is 1.11. The van der Waals surface area contributed by atoms with E-state index in [4.69, 9.17) is 16.3 Å². The Morgan fingerprint density at radius 1 is 1.04 bits per heavy atom. The van der Waals surface area contributed by atoms with Gasteiger partial charge in [0, 0.05) is 28.2 Å². The van der Waals surface area contributed by atoms with Crippen LogP contribution in [0.3, 0.4) is 0 Å². The molecule has 0 aliphatic heterocycles. The molecule has 1 saturated carbocycles. The molecule has 2 unspecified atom stereocenters. The van der Waals surface area contributed by atoms with Crippen LogP contribution in [0.5, 0.6) is 5.75 Å². The molecule has 3 N–H and O–H groups in total. The van der Waals surface area contributed by atoms with Gasteiger partial charge in [-0.2, -0.15) is 0 Å². The largest absolute Gasteiger partial charge is 0.493 e. The highest BCUT2D eigenvalue weighted by molar-refractivity contribution is 6.30. The highest BCUT2D eigenvalue weighted by Crippen LogP contribution is 2.56. The number of halogens is 1. The SMILES string of the molecule is C[C@@H](COc1ccnc2c1[C@H](C)CCC2)CC1Cc2ccc(C(CO)N(C)CCCCc3ccccc3)cc2C12CCC(Nc1cccc(Cl)c1)(C(=O)O)CC2. The molecule has 7 nitrogen and oxygen atoms in total. The molecule has 3 aromatic carbocycles. The zero-order valence-electron chi connectivity index (χ0n) is 33.5. The van der Waals surface area contributed by atoms with Crippen LogP contribution in [0, 0.1) is 11.8 Å². The molecule has 1 heterocycles. The fraction of sp³-hybridized carbons (Fsp3) is 0.500. The van der Waals surface area contributed by atoms with Crippen molar-refractivity contribution in [1.82, 2.24) is 9.88 Å². The predicted molar refractivity (Wildman–Crippen MR) is 226 cm³/mol. The molecule has 298 valence electrons. The number of ether oxygens (including phenoxy) is 1. The van der Waals surface area contributed by atoms with E-state index in [9.17, 15) is 15.0 Å². The number of benzene rings is 3. The number of aliphatic carboxylic acids is 1. The minimum absolute atomic E-state index is 0.0434. The lowest BCUT2D eigenvalue weighted by Crippen LogP contribution is -2.53. The number of nitrogens with one attached hydrogen (secondary N) is 1. The van der Waals surface area contributed by atoms with E-state index < -0.39 is 11.5 Å². The first-order chi connectivity index (χ1) is 27.1. The lowest BCUT2D eigenvalue weighted by atomic mass is 9.59.